The van der Waals surface area contributed by atoms with Crippen molar-refractivity contribution >= 4 is 11.6 Å². The third kappa shape index (κ3) is 2.36. The first kappa shape index (κ1) is 12.2. The first-order chi connectivity index (χ1) is 9.25. The summed E-state index contributed by atoms with van der Waals surface area (Å²) in [5, 5.41) is 0.0165. The molecule has 5 heteroatoms. The SMILES string of the molecule is O=c1c(Cl)nccn1CC1CCOc2ccccc21. The van der Waals surface area contributed by atoms with Crippen LogP contribution in [-0.2, 0) is 6.54 Å². The highest BCUT2D eigenvalue weighted by Gasteiger charge is 2.21. The zero-order valence-electron chi connectivity index (χ0n) is 10.3. The van der Waals surface area contributed by atoms with Crippen LogP contribution in [0.5, 0.6) is 5.75 Å². The number of hydrogen-bond acceptors (Lipinski definition) is 3. The van der Waals surface area contributed by atoms with Gasteiger partial charge in [-0.15, -0.1) is 0 Å². The lowest BCUT2D eigenvalue weighted by molar-refractivity contribution is 0.258. The van der Waals surface area contributed by atoms with E-state index in [9.17, 15) is 4.79 Å². The lowest BCUT2D eigenvalue weighted by Crippen LogP contribution is -2.26. The van der Waals surface area contributed by atoms with Crippen molar-refractivity contribution < 1.29 is 4.74 Å². The van der Waals surface area contributed by atoms with Crippen LogP contribution in [-0.4, -0.2) is 16.2 Å². The molecule has 1 aromatic carbocycles. The summed E-state index contributed by atoms with van der Waals surface area (Å²) < 4.78 is 7.23. The van der Waals surface area contributed by atoms with E-state index in [0.29, 0.717) is 13.2 Å². The van der Waals surface area contributed by atoms with E-state index >= 15 is 0 Å². The average Bonchev–Trinajstić information content (AvgIpc) is 2.44. The number of aromatic nitrogens is 2. The molecule has 3 rings (SSSR count). The number of ether oxygens (including phenoxy) is 1. The molecule has 0 amide bonds. The molecule has 0 saturated carbocycles. The molecule has 0 N–H and O–H groups in total. The molecule has 0 bridgehead atoms. The van der Waals surface area contributed by atoms with E-state index in [2.05, 4.69) is 4.98 Å². The molecule has 2 heterocycles. The summed E-state index contributed by atoms with van der Waals surface area (Å²) in [6, 6.07) is 7.95. The molecule has 2 aromatic rings. The predicted octanol–water partition coefficient (Wildman–Crippen LogP) is 2.46. The summed E-state index contributed by atoms with van der Waals surface area (Å²) in [5.74, 6) is 1.17. The van der Waals surface area contributed by atoms with Crippen molar-refractivity contribution in [1.29, 1.82) is 0 Å². The maximum atomic E-state index is 11.9. The maximum absolute atomic E-state index is 11.9. The smallest absolute Gasteiger partial charge is 0.288 e. The molecule has 1 atom stereocenters. The van der Waals surface area contributed by atoms with Crippen LogP contribution in [0, 0.1) is 0 Å². The highest BCUT2D eigenvalue weighted by Crippen LogP contribution is 2.34. The number of halogens is 1. The number of benzene rings is 1. The summed E-state index contributed by atoms with van der Waals surface area (Å²) in [6.45, 7) is 1.27. The average molecular weight is 277 g/mol. The van der Waals surface area contributed by atoms with Gasteiger partial charge in [0.25, 0.3) is 5.56 Å². The second-order valence-corrected chi connectivity index (χ2v) is 4.91. The van der Waals surface area contributed by atoms with Gasteiger partial charge in [-0.05, 0) is 18.1 Å². The molecular formula is C14H13ClN2O2. The zero-order chi connectivity index (χ0) is 13.2. The summed E-state index contributed by atoms with van der Waals surface area (Å²) >= 11 is 5.76. The fraction of sp³-hybridized carbons (Fsp3) is 0.286. The lowest BCUT2D eigenvalue weighted by Gasteiger charge is -2.26. The van der Waals surface area contributed by atoms with Gasteiger partial charge in [-0.1, -0.05) is 29.8 Å². The minimum absolute atomic E-state index is 0.0165. The van der Waals surface area contributed by atoms with Crippen molar-refractivity contribution in [3.63, 3.8) is 0 Å². The largest absolute Gasteiger partial charge is 0.493 e. The molecular weight excluding hydrogens is 264 g/mol. The number of para-hydroxylation sites is 1. The van der Waals surface area contributed by atoms with E-state index < -0.39 is 0 Å². The minimum Gasteiger partial charge on any atom is -0.493 e. The normalized spacial score (nSPS) is 17.6. The number of hydrogen-bond donors (Lipinski definition) is 0. The molecule has 1 aliphatic heterocycles. The summed E-state index contributed by atoms with van der Waals surface area (Å²) in [4.78, 5) is 15.7. The van der Waals surface area contributed by atoms with Crippen LogP contribution < -0.4 is 10.3 Å². The van der Waals surface area contributed by atoms with Crippen LogP contribution in [0.3, 0.4) is 0 Å². The van der Waals surface area contributed by atoms with Gasteiger partial charge in [0.05, 0.1) is 6.61 Å². The third-order valence-electron chi connectivity index (χ3n) is 3.37. The standard InChI is InChI=1S/C14H13ClN2O2/c15-13-14(18)17(7-6-16-13)9-10-5-8-19-12-4-2-1-3-11(10)12/h1-4,6-7,10H,5,8-9H2. The maximum Gasteiger partial charge on any atom is 0.288 e. The lowest BCUT2D eigenvalue weighted by atomic mass is 9.93. The number of nitrogens with zero attached hydrogens (tertiary/aromatic N) is 2. The fourth-order valence-corrected chi connectivity index (χ4v) is 2.57. The van der Waals surface area contributed by atoms with Gasteiger partial charge < -0.3 is 9.30 Å². The Bertz CT molecular complexity index is 654. The van der Waals surface area contributed by atoms with Gasteiger partial charge in [0.2, 0.25) is 0 Å². The fourth-order valence-electron chi connectivity index (χ4n) is 2.41. The van der Waals surface area contributed by atoms with Crippen molar-refractivity contribution in [2.45, 2.75) is 18.9 Å². The second kappa shape index (κ2) is 5.05. The quantitative estimate of drug-likeness (QED) is 0.846. The van der Waals surface area contributed by atoms with Crippen LogP contribution in [0.4, 0.5) is 0 Å². The van der Waals surface area contributed by atoms with Gasteiger partial charge in [-0.25, -0.2) is 4.98 Å². The van der Waals surface area contributed by atoms with E-state index in [1.54, 1.807) is 17.0 Å². The highest BCUT2D eigenvalue weighted by molar-refractivity contribution is 6.29. The Labute approximate surface area is 115 Å². The van der Waals surface area contributed by atoms with Crippen molar-refractivity contribution in [1.82, 2.24) is 9.55 Å². The van der Waals surface area contributed by atoms with Gasteiger partial charge in [0.15, 0.2) is 5.15 Å². The number of rotatable bonds is 2. The molecule has 0 saturated heterocycles. The predicted molar refractivity (Wildman–Crippen MR) is 72.8 cm³/mol. The molecule has 19 heavy (non-hydrogen) atoms. The van der Waals surface area contributed by atoms with Crippen LogP contribution in [0.15, 0.2) is 41.5 Å². The van der Waals surface area contributed by atoms with Gasteiger partial charge in [-0.3, -0.25) is 4.79 Å². The first-order valence-corrected chi connectivity index (χ1v) is 6.56. The monoisotopic (exact) mass is 276 g/mol. The van der Waals surface area contributed by atoms with Crippen LogP contribution in [0.25, 0.3) is 0 Å². The van der Waals surface area contributed by atoms with Gasteiger partial charge in [0.1, 0.15) is 5.75 Å². The second-order valence-electron chi connectivity index (χ2n) is 4.55. The van der Waals surface area contributed by atoms with E-state index in [4.69, 9.17) is 16.3 Å². The Hall–Kier alpha value is -1.81. The molecule has 98 valence electrons. The van der Waals surface area contributed by atoms with Crippen molar-refractivity contribution in [3.8, 4) is 5.75 Å². The molecule has 0 spiro atoms. The van der Waals surface area contributed by atoms with Crippen molar-refractivity contribution in [2.24, 2.45) is 0 Å². The molecule has 1 aliphatic rings. The van der Waals surface area contributed by atoms with Crippen LogP contribution >= 0.6 is 11.6 Å². The Kier molecular flexibility index (Phi) is 3.25. The molecule has 0 fully saturated rings. The Morgan fingerprint density at radius 2 is 2.26 bits per heavy atom. The third-order valence-corrected chi connectivity index (χ3v) is 3.63. The van der Waals surface area contributed by atoms with Gasteiger partial charge in [-0.2, -0.15) is 0 Å². The topological polar surface area (TPSA) is 44.1 Å². The Morgan fingerprint density at radius 3 is 3.16 bits per heavy atom. The first-order valence-electron chi connectivity index (χ1n) is 6.18. The molecule has 4 nitrogen and oxygen atoms in total. The Balaban J connectivity index is 1.93. The van der Waals surface area contributed by atoms with Gasteiger partial charge >= 0.3 is 0 Å². The number of fused-ring (bicyclic) bond motifs is 1. The van der Waals surface area contributed by atoms with Crippen molar-refractivity contribution in [2.75, 3.05) is 6.61 Å². The minimum atomic E-state index is -0.242. The molecule has 1 unspecified atom stereocenters. The van der Waals surface area contributed by atoms with E-state index in [-0.39, 0.29) is 16.6 Å². The van der Waals surface area contributed by atoms with E-state index in [1.165, 1.54) is 0 Å². The molecule has 0 aliphatic carbocycles. The molecule has 1 aromatic heterocycles. The van der Waals surface area contributed by atoms with Crippen molar-refractivity contribution in [3.05, 3.63) is 57.7 Å². The zero-order valence-corrected chi connectivity index (χ0v) is 11.0. The van der Waals surface area contributed by atoms with Gasteiger partial charge in [0, 0.05) is 24.9 Å². The highest BCUT2D eigenvalue weighted by atomic mass is 35.5. The summed E-state index contributed by atoms with van der Waals surface area (Å²) in [6.07, 6.45) is 4.12. The Morgan fingerprint density at radius 1 is 1.42 bits per heavy atom. The van der Waals surface area contributed by atoms with Crippen LogP contribution in [0.2, 0.25) is 5.15 Å². The van der Waals surface area contributed by atoms with E-state index in [0.717, 1.165) is 17.7 Å². The summed E-state index contributed by atoms with van der Waals surface area (Å²) in [7, 11) is 0. The summed E-state index contributed by atoms with van der Waals surface area (Å²) in [5.41, 5.74) is 0.904. The van der Waals surface area contributed by atoms with E-state index in [1.807, 2.05) is 24.3 Å². The molecule has 0 radical (unpaired) electrons. The van der Waals surface area contributed by atoms with Crippen LogP contribution in [0.1, 0.15) is 17.9 Å².